The summed E-state index contributed by atoms with van der Waals surface area (Å²) in [5.74, 6) is 0.446. The van der Waals surface area contributed by atoms with Gasteiger partial charge in [-0.1, -0.05) is 13.3 Å². The Morgan fingerprint density at radius 2 is 2.12 bits per heavy atom. The molecule has 0 saturated heterocycles. The molecule has 0 radical (unpaired) electrons. The van der Waals surface area contributed by atoms with Gasteiger partial charge in [-0.25, -0.2) is 0 Å². The van der Waals surface area contributed by atoms with E-state index in [2.05, 4.69) is 11.9 Å². The quantitative estimate of drug-likeness (QED) is 0.811. The van der Waals surface area contributed by atoms with Crippen LogP contribution in [0.4, 0.5) is 0 Å². The van der Waals surface area contributed by atoms with Crippen molar-refractivity contribution in [3.05, 3.63) is 30.1 Å². The maximum Gasteiger partial charge on any atom is 0.222 e. The molecule has 1 aromatic heterocycles. The maximum atomic E-state index is 11.9. The van der Waals surface area contributed by atoms with Crippen LogP contribution in [0.25, 0.3) is 0 Å². The third-order valence-electron chi connectivity index (χ3n) is 2.97. The number of carbonyl (C=O) groups is 1. The van der Waals surface area contributed by atoms with Gasteiger partial charge in [0, 0.05) is 32.4 Å². The van der Waals surface area contributed by atoms with Gasteiger partial charge in [-0.15, -0.1) is 0 Å². The van der Waals surface area contributed by atoms with E-state index in [9.17, 15) is 4.79 Å². The van der Waals surface area contributed by atoms with Crippen LogP contribution in [0.15, 0.2) is 24.5 Å². The van der Waals surface area contributed by atoms with Crippen LogP contribution in [0.1, 0.15) is 25.3 Å². The highest BCUT2D eigenvalue weighted by molar-refractivity contribution is 5.76. The van der Waals surface area contributed by atoms with Crippen LogP contribution in [0, 0.1) is 5.92 Å². The molecule has 1 aromatic rings. The lowest BCUT2D eigenvalue weighted by Crippen LogP contribution is -2.29. The second-order valence-electron chi connectivity index (χ2n) is 4.32. The zero-order valence-corrected chi connectivity index (χ0v) is 10.6. The molecule has 0 fully saturated rings. The number of hydrogen-bond donors (Lipinski definition) is 1. The van der Waals surface area contributed by atoms with Crippen molar-refractivity contribution < 1.29 is 4.79 Å². The van der Waals surface area contributed by atoms with Crippen LogP contribution in [0.2, 0.25) is 0 Å². The van der Waals surface area contributed by atoms with E-state index in [0.717, 1.165) is 12.0 Å². The van der Waals surface area contributed by atoms with Gasteiger partial charge in [0.05, 0.1) is 0 Å². The average Bonchev–Trinajstić information content (AvgIpc) is 2.36. The Morgan fingerprint density at radius 1 is 1.47 bits per heavy atom. The first kappa shape index (κ1) is 13.6. The monoisotopic (exact) mass is 235 g/mol. The Hall–Kier alpha value is -1.42. The second kappa shape index (κ2) is 7.01. The Bertz CT molecular complexity index is 336. The lowest BCUT2D eigenvalue weighted by molar-refractivity contribution is -0.131. The number of aromatic nitrogens is 1. The minimum Gasteiger partial charge on any atom is -0.341 e. The lowest BCUT2D eigenvalue weighted by atomic mass is 10.0. The number of nitrogens with two attached hydrogens (primary N) is 1. The van der Waals surface area contributed by atoms with Gasteiger partial charge in [0.2, 0.25) is 5.91 Å². The molecule has 0 aliphatic heterocycles. The normalized spacial score (nSPS) is 12.2. The van der Waals surface area contributed by atoms with Gasteiger partial charge >= 0.3 is 0 Å². The van der Waals surface area contributed by atoms with E-state index in [1.165, 1.54) is 0 Å². The van der Waals surface area contributed by atoms with Gasteiger partial charge in [0.15, 0.2) is 0 Å². The Labute approximate surface area is 103 Å². The third kappa shape index (κ3) is 4.53. The van der Waals surface area contributed by atoms with Crippen LogP contribution in [0.5, 0.6) is 0 Å². The molecule has 4 nitrogen and oxygen atoms in total. The largest absolute Gasteiger partial charge is 0.341 e. The van der Waals surface area contributed by atoms with E-state index < -0.39 is 0 Å². The van der Waals surface area contributed by atoms with Crippen LogP contribution in [0.3, 0.4) is 0 Å². The molecular formula is C13H21N3O. The van der Waals surface area contributed by atoms with Crippen molar-refractivity contribution in [2.24, 2.45) is 11.7 Å². The van der Waals surface area contributed by atoms with Gasteiger partial charge < -0.3 is 10.6 Å². The summed E-state index contributed by atoms with van der Waals surface area (Å²) in [5, 5.41) is 0. The number of carbonyl (C=O) groups excluding carboxylic acids is 1. The van der Waals surface area contributed by atoms with Crippen molar-refractivity contribution in [3.8, 4) is 0 Å². The molecule has 0 bridgehead atoms. The fraction of sp³-hybridized carbons (Fsp3) is 0.538. The smallest absolute Gasteiger partial charge is 0.222 e. The average molecular weight is 235 g/mol. The van der Waals surface area contributed by atoms with E-state index in [1.807, 2.05) is 19.2 Å². The van der Waals surface area contributed by atoms with E-state index in [1.54, 1.807) is 17.3 Å². The fourth-order valence-electron chi connectivity index (χ4n) is 1.65. The van der Waals surface area contributed by atoms with E-state index in [-0.39, 0.29) is 5.91 Å². The first-order valence-corrected chi connectivity index (χ1v) is 6.00. The molecule has 1 atom stereocenters. The Kier molecular flexibility index (Phi) is 5.63. The number of rotatable bonds is 6. The number of amides is 1. The van der Waals surface area contributed by atoms with Crippen molar-refractivity contribution in [2.75, 3.05) is 13.6 Å². The van der Waals surface area contributed by atoms with Crippen molar-refractivity contribution in [1.29, 1.82) is 0 Å². The fourth-order valence-corrected chi connectivity index (χ4v) is 1.65. The third-order valence-corrected chi connectivity index (χ3v) is 2.97. The Balaban J connectivity index is 2.47. The van der Waals surface area contributed by atoms with Gasteiger partial charge in [-0.3, -0.25) is 9.78 Å². The molecule has 1 rings (SSSR count). The molecule has 0 spiro atoms. The van der Waals surface area contributed by atoms with Gasteiger partial charge in [-0.05, 0) is 30.2 Å². The summed E-state index contributed by atoms with van der Waals surface area (Å²) >= 11 is 0. The molecule has 4 heteroatoms. The molecule has 1 unspecified atom stereocenters. The summed E-state index contributed by atoms with van der Waals surface area (Å²) in [5.41, 5.74) is 6.70. The van der Waals surface area contributed by atoms with Crippen LogP contribution < -0.4 is 5.73 Å². The van der Waals surface area contributed by atoms with Gasteiger partial charge in [0.1, 0.15) is 0 Å². The highest BCUT2D eigenvalue weighted by atomic mass is 16.2. The summed E-state index contributed by atoms with van der Waals surface area (Å²) in [6.45, 7) is 3.27. The molecule has 1 heterocycles. The van der Waals surface area contributed by atoms with E-state index >= 15 is 0 Å². The molecule has 0 aromatic carbocycles. The molecule has 2 N–H and O–H groups in total. The van der Waals surface area contributed by atoms with Gasteiger partial charge in [-0.2, -0.15) is 0 Å². The summed E-state index contributed by atoms with van der Waals surface area (Å²) in [4.78, 5) is 17.6. The zero-order chi connectivity index (χ0) is 12.7. The van der Waals surface area contributed by atoms with E-state index in [0.29, 0.717) is 25.4 Å². The van der Waals surface area contributed by atoms with Crippen molar-refractivity contribution in [3.63, 3.8) is 0 Å². The summed E-state index contributed by atoms with van der Waals surface area (Å²) in [6.07, 6.45) is 4.96. The zero-order valence-electron chi connectivity index (χ0n) is 10.6. The van der Waals surface area contributed by atoms with E-state index in [4.69, 9.17) is 5.73 Å². The number of hydrogen-bond acceptors (Lipinski definition) is 3. The van der Waals surface area contributed by atoms with Crippen molar-refractivity contribution in [2.45, 2.75) is 26.3 Å². The summed E-state index contributed by atoms with van der Waals surface area (Å²) in [6, 6.07) is 3.84. The topological polar surface area (TPSA) is 59.2 Å². The maximum absolute atomic E-state index is 11.9. The summed E-state index contributed by atoms with van der Waals surface area (Å²) in [7, 11) is 1.83. The lowest BCUT2D eigenvalue weighted by Gasteiger charge is -2.20. The SMILES string of the molecule is CCC(CN)CC(=O)N(C)Cc1ccncc1. The first-order valence-electron chi connectivity index (χ1n) is 6.00. The Morgan fingerprint density at radius 3 is 2.65 bits per heavy atom. The molecule has 0 aliphatic carbocycles. The van der Waals surface area contributed by atoms with Gasteiger partial charge in [0.25, 0.3) is 0 Å². The molecule has 0 saturated carbocycles. The van der Waals surface area contributed by atoms with Crippen molar-refractivity contribution in [1.82, 2.24) is 9.88 Å². The minimum atomic E-state index is 0.152. The molecular weight excluding hydrogens is 214 g/mol. The standard InChI is InChI=1S/C13H21N3O/c1-3-11(9-14)8-13(17)16(2)10-12-4-6-15-7-5-12/h4-7,11H,3,8-10,14H2,1-2H3. The first-order chi connectivity index (χ1) is 8.17. The molecule has 94 valence electrons. The molecule has 0 aliphatic rings. The van der Waals surface area contributed by atoms with Crippen LogP contribution in [-0.2, 0) is 11.3 Å². The highest BCUT2D eigenvalue weighted by Gasteiger charge is 2.14. The van der Waals surface area contributed by atoms with Crippen molar-refractivity contribution >= 4 is 5.91 Å². The predicted octanol–water partition coefficient (Wildman–Crippen LogP) is 1.41. The highest BCUT2D eigenvalue weighted by Crippen LogP contribution is 2.10. The number of pyridine rings is 1. The second-order valence-corrected chi connectivity index (χ2v) is 4.32. The minimum absolute atomic E-state index is 0.152. The summed E-state index contributed by atoms with van der Waals surface area (Å²) < 4.78 is 0. The van der Waals surface area contributed by atoms with Crippen LogP contribution >= 0.6 is 0 Å². The molecule has 1 amide bonds. The number of nitrogens with zero attached hydrogens (tertiary/aromatic N) is 2. The molecule has 17 heavy (non-hydrogen) atoms. The predicted molar refractivity (Wildman–Crippen MR) is 68.2 cm³/mol. The van der Waals surface area contributed by atoms with Crippen LogP contribution in [-0.4, -0.2) is 29.4 Å².